The largest absolute Gasteiger partial charge is 0.461 e. The molecule has 2 aromatic heterocycles. The van der Waals surface area contributed by atoms with Gasteiger partial charge in [-0.2, -0.15) is 16.9 Å². The Kier molecular flexibility index (Phi) is 4.92. The number of aryl methyl sites for hydroxylation is 1. The lowest BCUT2D eigenvalue weighted by atomic mass is 10.4. The molecule has 0 aliphatic rings. The smallest absolute Gasteiger partial charge is 0.350 e. The predicted molar refractivity (Wildman–Crippen MR) is 75.5 cm³/mol. The molecule has 0 unspecified atom stereocenters. The first-order valence-corrected chi connectivity index (χ1v) is 7.77. The van der Waals surface area contributed by atoms with Crippen LogP contribution in [0.2, 0.25) is 0 Å². The number of ether oxygens (including phenoxy) is 1. The van der Waals surface area contributed by atoms with E-state index in [0.29, 0.717) is 28.0 Å². The molecule has 0 aromatic carbocycles. The number of hydrogen-bond donors (Lipinski definition) is 1. The number of thiazole rings is 1. The monoisotopic (exact) mass is 298 g/mol. The van der Waals surface area contributed by atoms with E-state index in [1.165, 1.54) is 17.7 Å². The lowest BCUT2D eigenvalue weighted by Crippen LogP contribution is -2.07. The molecular weight excluding hydrogens is 284 g/mol. The summed E-state index contributed by atoms with van der Waals surface area (Å²) in [5, 5.41) is 7.13. The van der Waals surface area contributed by atoms with E-state index in [4.69, 9.17) is 4.74 Å². The number of nitrogens with zero attached hydrogens (tertiary/aromatic N) is 3. The zero-order valence-corrected chi connectivity index (χ0v) is 12.3. The minimum Gasteiger partial charge on any atom is -0.461 e. The molecule has 19 heavy (non-hydrogen) atoms. The number of nitrogens with one attached hydrogen (secondary N) is 1. The highest BCUT2D eigenvalue weighted by Gasteiger charge is 2.18. The Morgan fingerprint density at radius 3 is 3.11 bits per heavy atom. The zero-order chi connectivity index (χ0) is 13.7. The quantitative estimate of drug-likeness (QED) is 0.650. The van der Waals surface area contributed by atoms with Crippen molar-refractivity contribution in [1.82, 2.24) is 20.2 Å². The number of esters is 1. The Bertz CT molecular complexity index is 539. The molecule has 2 aromatic rings. The Hall–Kier alpha value is -1.41. The molecule has 0 amide bonds. The van der Waals surface area contributed by atoms with Crippen LogP contribution in [-0.2, 0) is 4.74 Å². The fourth-order valence-corrected chi connectivity index (χ4v) is 2.80. The molecule has 0 aliphatic heterocycles. The number of thioether (sulfide) groups is 1. The molecule has 2 rings (SSSR count). The number of carbonyl (C=O) groups excluding carboxylic acids is 1. The number of hydrogen-bond acceptors (Lipinski definition) is 7. The van der Waals surface area contributed by atoms with E-state index in [1.54, 1.807) is 18.7 Å². The summed E-state index contributed by atoms with van der Waals surface area (Å²) in [6.45, 7) is 4.28. The van der Waals surface area contributed by atoms with Crippen LogP contribution >= 0.6 is 23.1 Å². The summed E-state index contributed by atoms with van der Waals surface area (Å²) < 4.78 is 5.21. The maximum absolute atomic E-state index is 11.9. The molecule has 1 N–H and O–H groups in total. The molecule has 0 atom stereocenters. The van der Waals surface area contributed by atoms with Crippen LogP contribution in [0.4, 0.5) is 0 Å². The highest BCUT2D eigenvalue weighted by molar-refractivity contribution is 7.99. The van der Waals surface area contributed by atoms with Crippen LogP contribution in [0, 0.1) is 6.92 Å². The molecule has 0 fully saturated rings. The predicted octanol–water partition coefficient (Wildman–Crippen LogP) is 2.15. The van der Waals surface area contributed by atoms with Gasteiger partial charge >= 0.3 is 5.97 Å². The van der Waals surface area contributed by atoms with Crippen LogP contribution in [0.5, 0.6) is 0 Å². The summed E-state index contributed by atoms with van der Waals surface area (Å²) in [7, 11) is 0. The van der Waals surface area contributed by atoms with Gasteiger partial charge in [0.1, 0.15) is 17.8 Å². The van der Waals surface area contributed by atoms with Gasteiger partial charge in [0, 0.05) is 5.75 Å². The van der Waals surface area contributed by atoms with Crippen LogP contribution in [0.3, 0.4) is 0 Å². The Balaban J connectivity index is 2.02. The number of aromatic amines is 1. The van der Waals surface area contributed by atoms with E-state index in [1.807, 2.05) is 0 Å². The first-order chi connectivity index (χ1) is 9.22. The van der Waals surface area contributed by atoms with E-state index >= 15 is 0 Å². The van der Waals surface area contributed by atoms with Gasteiger partial charge in [0.25, 0.3) is 0 Å². The molecule has 0 spiro atoms. The summed E-state index contributed by atoms with van der Waals surface area (Å²) in [6, 6.07) is 0. The molecule has 0 aliphatic carbocycles. The molecule has 2 heterocycles. The first kappa shape index (κ1) is 14.0. The maximum atomic E-state index is 11.9. The van der Waals surface area contributed by atoms with Gasteiger partial charge in [-0.15, -0.1) is 11.3 Å². The summed E-state index contributed by atoms with van der Waals surface area (Å²) >= 11 is 3.00. The Morgan fingerprint density at radius 1 is 1.58 bits per heavy atom. The normalized spacial score (nSPS) is 10.6. The van der Waals surface area contributed by atoms with Crippen molar-refractivity contribution in [3.8, 4) is 10.8 Å². The van der Waals surface area contributed by atoms with E-state index in [0.717, 1.165) is 11.5 Å². The second-order valence-electron chi connectivity index (χ2n) is 3.60. The minimum absolute atomic E-state index is 0.322. The highest BCUT2D eigenvalue weighted by atomic mass is 32.2. The first-order valence-electron chi connectivity index (χ1n) is 5.80. The van der Waals surface area contributed by atoms with Crippen molar-refractivity contribution in [3.63, 3.8) is 0 Å². The number of rotatable bonds is 6. The third-order valence-electron chi connectivity index (χ3n) is 2.26. The molecule has 8 heteroatoms. The second kappa shape index (κ2) is 6.67. The van der Waals surface area contributed by atoms with Crippen LogP contribution in [-0.4, -0.2) is 44.2 Å². The zero-order valence-electron chi connectivity index (χ0n) is 10.7. The number of carbonyl (C=O) groups is 1. The lowest BCUT2D eigenvalue weighted by molar-refractivity contribution is 0.0535. The van der Waals surface area contributed by atoms with Crippen molar-refractivity contribution < 1.29 is 9.53 Å². The summed E-state index contributed by atoms with van der Waals surface area (Å²) in [4.78, 5) is 20.7. The van der Waals surface area contributed by atoms with Gasteiger partial charge in [-0.05, 0) is 12.7 Å². The summed E-state index contributed by atoms with van der Waals surface area (Å²) in [5.41, 5.74) is 0.657. The summed E-state index contributed by atoms with van der Waals surface area (Å²) in [6.07, 6.45) is 1.41. The third-order valence-corrected chi connectivity index (χ3v) is 4.27. The van der Waals surface area contributed by atoms with Gasteiger partial charge in [-0.1, -0.05) is 6.92 Å². The average molecular weight is 298 g/mol. The van der Waals surface area contributed by atoms with Crippen LogP contribution in [0.25, 0.3) is 10.8 Å². The van der Waals surface area contributed by atoms with E-state index < -0.39 is 0 Å². The maximum Gasteiger partial charge on any atom is 0.350 e. The standard InChI is InChI=1S/C11H14N4O2S2/c1-3-18-5-4-17-11(16)8-7(2)14-10(19-8)9-12-6-13-15-9/h6H,3-5H2,1-2H3,(H,12,13,15). The molecule has 102 valence electrons. The van der Waals surface area contributed by atoms with Gasteiger partial charge in [-0.25, -0.2) is 14.8 Å². The number of H-pyrrole nitrogens is 1. The van der Waals surface area contributed by atoms with Gasteiger partial charge in [-0.3, -0.25) is 5.10 Å². The van der Waals surface area contributed by atoms with Crippen LogP contribution < -0.4 is 0 Å². The van der Waals surface area contributed by atoms with Gasteiger partial charge < -0.3 is 4.74 Å². The molecule has 0 bridgehead atoms. The van der Waals surface area contributed by atoms with E-state index in [-0.39, 0.29) is 5.97 Å². The van der Waals surface area contributed by atoms with Crippen LogP contribution in [0.1, 0.15) is 22.3 Å². The molecule has 6 nitrogen and oxygen atoms in total. The lowest BCUT2D eigenvalue weighted by Gasteiger charge is -2.02. The molecule has 0 saturated heterocycles. The molecular formula is C11H14N4O2S2. The fourth-order valence-electron chi connectivity index (χ4n) is 1.40. The van der Waals surface area contributed by atoms with Crippen molar-refractivity contribution >= 4 is 29.1 Å². The van der Waals surface area contributed by atoms with E-state index in [2.05, 4.69) is 27.1 Å². The Labute approximate surface area is 119 Å². The SMILES string of the molecule is CCSCCOC(=O)c1sc(-c2ncn[nH]2)nc1C. The number of aromatic nitrogens is 4. The van der Waals surface area contributed by atoms with Gasteiger partial charge in [0.05, 0.1) is 5.69 Å². The summed E-state index contributed by atoms with van der Waals surface area (Å²) in [5.74, 6) is 2.08. The van der Waals surface area contributed by atoms with Crippen molar-refractivity contribution in [2.45, 2.75) is 13.8 Å². The average Bonchev–Trinajstić information content (AvgIpc) is 3.03. The van der Waals surface area contributed by atoms with Crippen molar-refractivity contribution in [2.75, 3.05) is 18.1 Å². The second-order valence-corrected chi connectivity index (χ2v) is 5.99. The van der Waals surface area contributed by atoms with Crippen molar-refractivity contribution in [2.24, 2.45) is 0 Å². The van der Waals surface area contributed by atoms with Gasteiger partial charge in [0.2, 0.25) is 0 Å². The fraction of sp³-hybridized carbons (Fsp3) is 0.455. The highest BCUT2D eigenvalue weighted by Crippen LogP contribution is 2.25. The van der Waals surface area contributed by atoms with Crippen molar-refractivity contribution in [3.05, 3.63) is 16.9 Å². The van der Waals surface area contributed by atoms with Crippen LogP contribution in [0.15, 0.2) is 6.33 Å². The van der Waals surface area contributed by atoms with Crippen molar-refractivity contribution in [1.29, 1.82) is 0 Å². The third kappa shape index (κ3) is 3.54. The minimum atomic E-state index is -0.322. The van der Waals surface area contributed by atoms with E-state index in [9.17, 15) is 4.79 Å². The molecule has 0 radical (unpaired) electrons. The molecule has 0 saturated carbocycles. The topological polar surface area (TPSA) is 80.8 Å². The van der Waals surface area contributed by atoms with Gasteiger partial charge in [0.15, 0.2) is 10.8 Å². The Morgan fingerprint density at radius 2 is 2.42 bits per heavy atom.